The summed E-state index contributed by atoms with van der Waals surface area (Å²) in [4.78, 5) is 0. The predicted molar refractivity (Wildman–Crippen MR) is 70.4 cm³/mol. The van der Waals surface area contributed by atoms with Crippen LogP contribution >= 0.6 is 27.5 Å². The normalized spacial score (nSPS) is 14.8. The molecule has 0 fully saturated rings. The average molecular weight is 309 g/mol. The van der Waals surface area contributed by atoms with Gasteiger partial charge in [-0.25, -0.2) is 4.39 Å². The maximum absolute atomic E-state index is 13.3. The zero-order valence-corrected chi connectivity index (χ0v) is 11.8. The molecule has 0 radical (unpaired) electrons. The Morgan fingerprint density at radius 3 is 2.75 bits per heavy atom. The number of hydrogen-bond acceptors (Lipinski definition) is 1. The predicted octanol–water partition coefficient (Wildman–Crippen LogP) is 4.09. The fourth-order valence-electron chi connectivity index (χ4n) is 1.26. The maximum atomic E-state index is 13.3. The summed E-state index contributed by atoms with van der Waals surface area (Å²) in [7, 11) is 0. The Morgan fingerprint density at radius 2 is 2.19 bits per heavy atom. The largest absolute Gasteiger partial charge is 0.306 e. The van der Waals surface area contributed by atoms with E-state index < -0.39 is 0 Å². The summed E-state index contributed by atoms with van der Waals surface area (Å²) in [5.41, 5.74) is 0.803. The lowest BCUT2D eigenvalue weighted by atomic mass is 10.0. The van der Waals surface area contributed by atoms with Crippen LogP contribution < -0.4 is 5.32 Å². The first-order valence-electron chi connectivity index (χ1n) is 5.26. The lowest BCUT2D eigenvalue weighted by Crippen LogP contribution is -2.43. The van der Waals surface area contributed by atoms with Crippen LogP contribution in [-0.4, -0.2) is 11.4 Å². The van der Waals surface area contributed by atoms with Gasteiger partial charge >= 0.3 is 0 Å². The molecule has 0 aromatic heterocycles. The second kappa shape index (κ2) is 5.99. The highest BCUT2D eigenvalue weighted by molar-refractivity contribution is 9.10. The first kappa shape index (κ1) is 13.9. The highest BCUT2D eigenvalue weighted by atomic mass is 79.9. The van der Waals surface area contributed by atoms with Gasteiger partial charge in [0.15, 0.2) is 0 Å². The summed E-state index contributed by atoms with van der Waals surface area (Å²) in [6.07, 6.45) is 0.934. The SMILES string of the molecule is CCC(C)(CCl)NCc1cccc(F)c1Br. The van der Waals surface area contributed by atoms with E-state index in [1.54, 1.807) is 6.07 Å². The lowest BCUT2D eigenvalue weighted by Gasteiger charge is -2.27. The van der Waals surface area contributed by atoms with E-state index in [1.165, 1.54) is 6.07 Å². The van der Waals surface area contributed by atoms with Crippen molar-refractivity contribution in [2.75, 3.05) is 5.88 Å². The van der Waals surface area contributed by atoms with Crippen molar-refractivity contribution in [3.8, 4) is 0 Å². The summed E-state index contributed by atoms with van der Waals surface area (Å²) in [5.74, 6) is 0.305. The highest BCUT2D eigenvalue weighted by Crippen LogP contribution is 2.21. The minimum atomic E-state index is -0.233. The molecule has 1 atom stereocenters. The van der Waals surface area contributed by atoms with Gasteiger partial charge in [-0.3, -0.25) is 0 Å². The van der Waals surface area contributed by atoms with Crippen molar-refractivity contribution in [1.29, 1.82) is 0 Å². The van der Waals surface area contributed by atoms with Gasteiger partial charge < -0.3 is 5.32 Å². The van der Waals surface area contributed by atoms with Crippen LogP contribution in [0.3, 0.4) is 0 Å². The second-order valence-electron chi connectivity index (χ2n) is 4.11. The fraction of sp³-hybridized carbons (Fsp3) is 0.500. The van der Waals surface area contributed by atoms with Crippen molar-refractivity contribution in [2.24, 2.45) is 0 Å². The lowest BCUT2D eigenvalue weighted by molar-refractivity contribution is 0.379. The molecular weight excluding hydrogens is 292 g/mol. The summed E-state index contributed by atoms with van der Waals surface area (Å²) in [6.45, 7) is 4.75. The molecular formula is C12H16BrClFN. The Morgan fingerprint density at radius 1 is 1.50 bits per heavy atom. The summed E-state index contributed by atoms with van der Waals surface area (Å²) in [6, 6.07) is 5.04. The second-order valence-corrected chi connectivity index (χ2v) is 5.17. The minimum absolute atomic E-state index is 0.104. The van der Waals surface area contributed by atoms with E-state index in [9.17, 15) is 4.39 Å². The quantitative estimate of drug-likeness (QED) is 0.808. The molecule has 0 spiro atoms. The molecule has 1 unspecified atom stereocenters. The van der Waals surface area contributed by atoms with Gasteiger partial charge in [0.2, 0.25) is 0 Å². The Hall–Kier alpha value is -0.120. The van der Waals surface area contributed by atoms with Gasteiger partial charge in [0.25, 0.3) is 0 Å². The molecule has 1 rings (SSSR count). The third-order valence-corrected chi connectivity index (χ3v) is 4.29. The van der Waals surface area contributed by atoms with Crippen molar-refractivity contribution >= 4 is 27.5 Å². The van der Waals surface area contributed by atoms with E-state index in [1.807, 2.05) is 6.07 Å². The van der Waals surface area contributed by atoms with Gasteiger partial charge in [-0.1, -0.05) is 19.1 Å². The number of hydrogen-bond donors (Lipinski definition) is 1. The summed E-state index contributed by atoms with van der Waals surface area (Å²) < 4.78 is 13.8. The minimum Gasteiger partial charge on any atom is -0.306 e. The third kappa shape index (κ3) is 3.44. The zero-order chi connectivity index (χ0) is 12.2. The van der Waals surface area contributed by atoms with Gasteiger partial charge in [0.1, 0.15) is 5.82 Å². The Kier molecular flexibility index (Phi) is 5.22. The van der Waals surface area contributed by atoms with Gasteiger partial charge in [-0.05, 0) is 40.9 Å². The molecule has 1 aromatic rings. The van der Waals surface area contributed by atoms with E-state index in [-0.39, 0.29) is 11.4 Å². The molecule has 0 bridgehead atoms. The molecule has 0 aliphatic carbocycles. The van der Waals surface area contributed by atoms with Crippen molar-refractivity contribution in [3.63, 3.8) is 0 Å². The standard InChI is InChI=1S/C12H16BrClFN/c1-3-12(2,8-14)16-7-9-5-4-6-10(15)11(9)13/h4-6,16H,3,7-8H2,1-2H3. The number of rotatable bonds is 5. The van der Waals surface area contributed by atoms with Crippen LogP contribution in [0.4, 0.5) is 4.39 Å². The first-order valence-corrected chi connectivity index (χ1v) is 6.59. The fourth-order valence-corrected chi connectivity index (χ4v) is 1.95. The van der Waals surface area contributed by atoms with E-state index in [0.29, 0.717) is 16.9 Å². The summed E-state index contributed by atoms with van der Waals surface area (Å²) in [5, 5.41) is 3.35. The summed E-state index contributed by atoms with van der Waals surface area (Å²) >= 11 is 9.14. The van der Waals surface area contributed by atoms with Crippen LogP contribution in [0.5, 0.6) is 0 Å². The molecule has 1 aromatic carbocycles. The molecule has 90 valence electrons. The number of nitrogens with one attached hydrogen (secondary N) is 1. The number of halogens is 3. The molecule has 16 heavy (non-hydrogen) atoms. The van der Waals surface area contributed by atoms with Gasteiger partial charge in [0, 0.05) is 18.0 Å². The van der Waals surface area contributed by atoms with Crippen LogP contribution in [0.1, 0.15) is 25.8 Å². The molecule has 0 aliphatic rings. The van der Waals surface area contributed by atoms with Crippen LogP contribution in [-0.2, 0) is 6.54 Å². The number of alkyl halides is 1. The molecule has 4 heteroatoms. The van der Waals surface area contributed by atoms with Crippen LogP contribution in [0.15, 0.2) is 22.7 Å². The van der Waals surface area contributed by atoms with Crippen LogP contribution in [0.25, 0.3) is 0 Å². The highest BCUT2D eigenvalue weighted by Gasteiger charge is 2.20. The molecule has 0 saturated heterocycles. The molecule has 1 N–H and O–H groups in total. The van der Waals surface area contributed by atoms with Crippen molar-refractivity contribution < 1.29 is 4.39 Å². The van der Waals surface area contributed by atoms with Crippen molar-refractivity contribution in [2.45, 2.75) is 32.4 Å². The van der Waals surface area contributed by atoms with E-state index in [2.05, 4.69) is 35.1 Å². The Bertz CT molecular complexity index is 353. The van der Waals surface area contributed by atoms with Crippen molar-refractivity contribution in [3.05, 3.63) is 34.1 Å². The van der Waals surface area contributed by atoms with E-state index in [0.717, 1.165) is 12.0 Å². The Labute approximate surface area is 110 Å². The topological polar surface area (TPSA) is 12.0 Å². The third-order valence-electron chi connectivity index (χ3n) is 2.81. The smallest absolute Gasteiger partial charge is 0.137 e. The molecule has 0 amide bonds. The van der Waals surface area contributed by atoms with Crippen LogP contribution in [0, 0.1) is 5.82 Å². The molecule has 1 nitrogen and oxygen atoms in total. The Balaban J connectivity index is 2.71. The monoisotopic (exact) mass is 307 g/mol. The maximum Gasteiger partial charge on any atom is 0.137 e. The zero-order valence-electron chi connectivity index (χ0n) is 9.49. The van der Waals surface area contributed by atoms with Gasteiger partial charge in [0.05, 0.1) is 4.47 Å². The average Bonchev–Trinajstić information content (AvgIpc) is 2.31. The van der Waals surface area contributed by atoms with Gasteiger partial charge in [-0.15, -0.1) is 11.6 Å². The number of benzene rings is 1. The molecule has 0 aliphatic heterocycles. The van der Waals surface area contributed by atoms with Crippen molar-refractivity contribution in [1.82, 2.24) is 5.32 Å². The van der Waals surface area contributed by atoms with Crippen LogP contribution in [0.2, 0.25) is 0 Å². The molecule has 0 saturated carbocycles. The van der Waals surface area contributed by atoms with Gasteiger partial charge in [-0.2, -0.15) is 0 Å². The first-order chi connectivity index (χ1) is 7.52. The van der Waals surface area contributed by atoms with E-state index in [4.69, 9.17) is 11.6 Å². The molecule has 0 heterocycles. The van der Waals surface area contributed by atoms with E-state index >= 15 is 0 Å².